The van der Waals surface area contributed by atoms with Crippen molar-refractivity contribution in [1.29, 1.82) is 0 Å². The van der Waals surface area contributed by atoms with Gasteiger partial charge in [0.15, 0.2) is 0 Å². The van der Waals surface area contributed by atoms with Gasteiger partial charge >= 0.3 is 10.6 Å². The molecule has 82 valence electrons. The summed E-state index contributed by atoms with van der Waals surface area (Å²) in [6, 6.07) is 0.403. The molecule has 0 saturated carbocycles. The Morgan fingerprint density at radius 2 is 1.93 bits per heavy atom. The van der Waals surface area contributed by atoms with Crippen LogP contribution in [0.25, 0.3) is 0 Å². The highest BCUT2D eigenvalue weighted by Crippen LogP contribution is 2.02. The zero-order valence-electron chi connectivity index (χ0n) is 7.47. The van der Waals surface area contributed by atoms with Gasteiger partial charge in [0.25, 0.3) is 0 Å². The molecule has 1 aliphatic rings. The molecule has 6 nitrogen and oxygen atoms in total. The number of carboxylic acid groups (broad SMARTS) is 2. The van der Waals surface area contributed by atoms with Crippen LogP contribution in [0.1, 0.15) is 12.8 Å². The van der Waals surface area contributed by atoms with E-state index >= 15 is 0 Å². The minimum atomic E-state index is -1.40. The lowest BCUT2D eigenvalue weighted by atomic mass is 10.2. The Balaban J connectivity index is 0.000000241. The second-order valence-electron chi connectivity index (χ2n) is 2.61. The van der Waals surface area contributed by atoms with Gasteiger partial charge in [-0.25, -0.2) is 9.59 Å². The maximum absolute atomic E-state index is 9.39. The van der Waals surface area contributed by atoms with Crippen LogP contribution in [-0.4, -0.2) is 45.1 Å². The second kappa shape index (κ2) is 7.60. The summed E-state index contributed by atoms with van der Waals surface area (Å²) in [5.41, 5.74) is 0. The van der Waals surface area contributed by atoms with Crippen molar-refractivity contribution in [2.24, 2.45) is 0 Å². The zero-order chi connectivity index (χ0) is 11.0. The number of thioether (sulfide) groups is 1. The van der Waals surface area contributed by atoms with E-state index in [0.717, 1.165) is 13.0 Å². The van der Waals surface area contributed by atoms with Crippen LogP contribution in [0.2, 0.25) is 0 Å². The Labute approximate surface area is 85.3 Å². The van der Waals surface area contributed by atoms with Crippen molar-refractivity contribution in [1.82, 2.24) is 5.32 Å². The van der Waals surface area contributed by atoms with E-state index in [1.165, 1.54) is 6.42 Å². The predicted octanol–water partition coefficient (Wildman–Crippen LogP) is 0.806. The molecule has 0 aromatic rings. The van der Waals surface area contributed by atoms with Gasteiger partial charge in [0.2, 0.25) is 0 Å². The number of hydrogen-bond donors (Lipinski definition) is 4. The van der Waals surface area contributed by atoms with Gasteiger partial charge in [-0.05, 0) is 19.4 Å². The molecule has 0 bridgehead atoms. The number of hydrogen-bond acceptors (Lipinski definition) is 5. The summed E-state index contributed by atoms with van der Waals surface area (Å²) in [7, 11) is 0. The van der Waals surface area contributed by atoms with Crippen LogP contribution < -0.4 is 5.32 Å². The molecule has 0 aliphatic carbocycles. The first kappa shape index (κ1) is 13.2. The SMILES string of the molecule is O=C(O)SC(=O)O.OC[C@@H]1CCCN1. The quantitative estimate of drug-likeness (QED) is 0.521. The van der Waals surface area contributed by atoms with E-state index in [1.807, 2.05) is 0 Å². The molecule has 0 aromatic heterocycles. The molecule has 0 radical (unpaired) electrons. The van der Waals surface area contributed by atoms with Crippen LogP contribution in [0, 0.1) is 0 Å². The summed E-state index contributed by atoms with van der Waals surface area (Å²) in [5.74, 6) is 0. The molecule has 0 amide bonds. The third-order valence-corrected chi connectivity index (χ3v) is 1.91. The number of aliphatic hydroxyl groups is 1. The lowest BCUT2D eigenvalue weighted by molar-refractivity contribution is 0.217. The highest BCUT2D eigenvalue weighted by Gasteiger charge is 2.10. The Kier molecular flexibility index (Phi) is 7.17. The average molecular weight is 223 g/mol. The Morgan fingerprint density at radius 1 is 1.36 bits per heavy atom. The molecule has 0 aromatic carbocycles. The number of nitrogens with one attached hydrogen (secondary N) is 1. The minimum Gasteiger partial charge on any atom is -0.473 e. The number of carbonyl (C=O) groups is 2. The Hall–Kier alpha value is -0.790. The summed E-state index contributed by atoms with van der Waals surface area (Å²) in [4.78, 5) is 18.8. The van der Waals surface area contributed by atoms with E-state index in [9.17, 15) is 9.59 Å². The number of rotatable bonds is 1. The first-order chi connectivity index (χ1) is 6.56. The van der Waals surface area contributed by atoms with Gasteiger partial charge in [-0.2, -0.15) is 0 Å². The first-order valence-corrected chi connectivity index (χ1v) is 4.86. The summed E-state index contributed by atoms with van der Waals surface area (Å²) in [6.45, 7) is 1.39. The fourth-order valence-corrected chi connectivity index (χ4v) is 1.14. The second-order valence-corrected chi connectivity index (χ2v) is 3.51. The highest BCUT2D eigenvalue weighted by atomic mass is 32.2. The molecule has 14 heavy (non-hydrogen) atoms. The fraction of sp³-hybridized carbons (Fsp3) is 0.714. The van der Waals surface area contributed by atoms with Gasteiger partial charge in [0.1, 0.15) is 0 Å². The summed E-state index contributed by atoms with van der Waals surface area (Å²) in [6.07, 6.45) is 2.38. The monoisotopic (exact) mass is 223 g/mol. The van der Waals surface area contributed by atoms with Gasteiger partial charge in [-0.15, -0.1) is 0 Å². The first-order valence-electron chi connectivity index (χ1n) is 4.04. The normalized spacial score (nSPS) is 19.6. The molecule has 1 atom stereocenters. The Bertz CT molecular complexity index is 181. The standard InChI is InChI=1S/C5H11NO.C2H2O4S/c7-4-5-2-1-3-6-5;3-1(4)7-2(5)6/h5-7H,1-4H2;(H,3,4)(H,5,6)/t5-;/m0./s1. The van der Waals surface area contributed by atoms with E-state index < -0.39 is 10.6 Å². The van der Waals surface area contributed by atoms with Crippen molar-refractivity contribution in [2.75, 3.05) is 13.2 Å². The molecule has 1 rings (SSSR count). The van der Waals surface area contributed by atoms with Gasteiger partial charge in [0.05, 0.1) is 18.4 Å². The van der Waals surface area contributed by atoms with Crippen LogP contribution in [0.5, 0.6) is 0 Å². The maximum Gasteiger partial charge on any atom is 0.376 e. The van der Waals surface area contributed by atoms with Crippen molar-refractivity contribution >= 4 is 22.4 Å². The summed E-state index contributed by atoms with van der Waals surface area (Å²) in [5, 5.41) is 24.2. The van der Waals surface area contributed by atoms with Gasteiger partial charge < -0.3 is 20.6 Å². The Morgan fingerprint density at radius 3 is 2.07 bits per heavy atom. The molecule has 0 unspecified atom stereocenters. The van der Waals surface area contributed by atoms with E-state index in [4.69, 9.17) is 15.3 Å². The van der Waals surface area contributed by atoms with Crippen LogP contribution >= 0.6 is 11.8 Å². The van der Waals surface area contributed by atoms with E-state index in [-0.39, 0.29) is 11.8 Å². The van der Waals surface area contributed by atoms with E-state index in [1.54, 1.807) is 0 Å². The van der Waals surface area contributed by atoms with Crippen molar-refractivity contribution in [2.45, 2.75) is 18.9 Å². The predicted molar refractivity (Wildman–Crippen MR) is 51.8 cm³/mol. The average Bonchev–Trinajstić information content (AvgIpc) is 2.53. The minimum absolute atomic E-state index is 0.157. The van der Waals surface area contributed by atoms with Crippen LogP contribution in [0.4, 0.5) is 9.59 Å². The van der Waals surface area contributed by atoms with Gasteiger partial charge in [0, 0.05) is 6.04 Å². The molecular weight excluding hydrogens is 210 g/mol. The largest absolute Gasteiger partial charge is 0.473 e. The summed E-state index contributed by atoms with van der Waals surface area (Å²) >= 11 is -0.157. The highest BCUT2D eigenvalue weighted by molar-refractivity contribution is 8.25. The van der Waals surface area contributed by atoms with E-state index in [2.05, 4.69) is 5.32 Å². The van der Waals surface area contributed by atoms with Crippen LogP contribution in [0.3, 0.4) is 0 Å². The van der Waals surface area contributed by atoms with Crippen molar-refractivity contribution < 1.29 is 24.9 Å². The third-order valence-electron chi connectivity index (χ3n) is 1.56. The molecular formula is C7H13NO5S. The van der Waals surface area contributed by atoms with Crippen molar-refractivity contribution in [3.8, 4) is 0 Å². The van der Waals surface area contributed by atoms with Crippen molar-refractivity contribution in [3.05, 3.63) is 0 Å². The van der Waals surface area contributed by atoms with Crippen molar-refractivity contribution in [3.63, 3.8) is 0 Å². The number of aliphatic hydroxyl groups excluding tert-OH is 1. The molecule has 7 heteroatoms. The smallest absolute Gasteiger partial charge is 0.376 e. The van der Waals surface area contributed by atoms with Crippen LogP contribution in [0.15, 0.2) is 0 Å². The summed E-state index contributed by atoms with van der Waals surface area (Å²) < 4.78 is 0. The molecule has 0 spiro atoms. The maximum atomic E-state index is 9.39. The zero-order valence-corrected chi connectivity index (χ0v) is 8.29. The molecule has 1 aliphatic heterocycles. The molecule has 1 fully saturated rings. The lowest BCUT2D eigenvalue weighted by Crippen LogP contribution is -2.24. The van der Waals surface area contributed by atoms with Crippen LogP contribution in [-0.2, 0) is 0 Å². The topological polar surface area (TPSA) is 107 Å². The molecule has 1 saturated heterocycles. The third kappa shape index (κ3) is 7.84. The van der Waals surface area contributed by atoms with E-state index in [0.29, 0.717) is 12.6 Å². The molecule has 1 heterocycles. The molecule has 4 N–H and O–H groups in total. The van der Waals surface area contributed by atoms with Gasteiger partial charge in [-0.3, -0.25) is 0 Å². The van der Waals surface area contributed by atoms with Gasteiger partial charge in [-0.1, -0.05) is 0 Å². The fourth-order valence-electron chi connectivity index (χ4n) is 0.987. The lowest BCUT2D eigenvalue weighted by Gasteiger charge is -2.01.